The summed E-state index contributed by atoms with van der Waals surface area (Å²) in [6.45, 7) is 1.49. The zero-order valence-corrected chi connectivity index (χ0v) is 13.8. The third-order valence-electron chi connectivity index (χ3n) is 4.58. The summed E-state index contributed by atoms with van der Waals surface area (Å²) < 4.78 is 19.9. The van der Waals surface area contributed by atoms with Gasteiger partial charge in [-0.1, -0.05) is 30.3 Å². The predicted octanol–water partition coefficient (Wildman–Crippen LogP) is 4.87. The van der Waals surface area contributed by atoms with Crippen LogP contribution in [-0.4, -0.2) is 18.1 Å². The lowest BCUT2D eigenvalue weighted by Crippen LogP contribution is -2.20. The topological polar surface area (TPSA) is 34.1 Å². The maximum atomic E-state index is 14.0. The average Bonchev–Trinajstić information content (AvgIpc) is 2.67. The number of nitrogens with one attached hydrogen (secondary N) is 1. The van der Waals surface area contributed by atoms with Gasteiger partial charge in [0, 0.05) is 30.4 Å². The molecule has 25 heavy (non-hydrogen) atoms. The van der Waals surface area contributed by atoms with E-state index in [4.69, 9.17) is 4.74 Å². The molecule has 0 bridgehead atoms. The number of rotatable bonds is 4. The van der Waals surface area contributed by atoms with Crippen molar-refractivity contribution in [2.75, 3.05) is 18.5 Å². The van der Waals surface area contributed by atoms with Gasteiger partial charge in [0.05, 0.1) is 12.3 Å². The van der Waals surface area contributed by atoms with Crippen LogP contribution in [0.25, 0.3) is 11.1 Å². The maximum Gasteiger partial charge on any atom is 0.131 e. The van der Waals surface area contributed by atoms with Crippen molar-refractivity contribution in [2.45, 2.75) is 12.3 Å². The summed E-state index contributed by atoms with van der Waals surface area (Å²) in [5.74, 6) is 0.997. The third-order valence-corrected chi connectivity index (χ3v) is 4.58. The van der Waals surface area contributed by atoms with Crippen LogP contribution in [0.4, 0.5) is 10.1 Å². The molecule has 1 aromatic heterocycles. The van der Waals surface area contributed by atoms with Gasteiger partial charge in [0.2, 0.25) is 0 Å². The Kier molecular flexibility index (Phi) is 4.34. The zero-order chi connectivity index (χ0) is 17.1. The highest BCUT2D eigenvalue weighted by molar-refractivity contribution is 5.67. The molecule has 0 spiro atoms. The van der Waals surface area contributed by atoms with Crippen LogP contribution in [0.5, 0.6) is 5.75 Å². The van der Waals surface area contributed by atoms with E-state index in [1.165, 1.54) is 11.6 Å². The Hall–Kier alpha value is -2.88. The quantitative estimate of drug-likeness (QED) is 0.739. The second-order valence-electron chi connectivity index (χ2n) is 6.19. The molecule has 0 unspecified atom stereocenters. The van der Waals surface area contributed by atoms with Crippen molar-refractivity contribution < 1.29 is 9.13 Å². The number of nitrogens with zero attached hydrogens (tertiary/aromatic N) is 1. The first-order chi connectivity index (χ1) is 12.3. The van der Waals surface area contributed by atoms with E-state index in [-0.39, 0.29) is 5.82 Å². The lowest BCUT2D eigenvalue weighted by atomic mass is 9.91. The molecule has 0 aliphatic carbocycles. The zero-order valence-electron chi connectivity index (χ0n) is 13.8. The Labute approximate surface area is 146 Å². The van der Waals surface area contributed by atoms with Crippen LogP contribution in [0, 0.1) is 5.82 Å². The van der Waals surface area contributed by atoms with Gasteiger partial charge in [-0.05, 0) is 41.8 Å². The van der Waals surface area contributed by atoms with Crippen molar-refractivity contribution in [1.82, 2.24) is 4.98 Å². The molecule has 126 valence electrons. The first-order valence-electron chi connectivity index (χ1n) is 8.47. The highest BCUT2D eigenvalue weighted by atomic mass is 19.1. The number of halogens is 1. The summed E-state index contributed by atoms with van der Waals surface area (Å²) in [6, 6.07) is 16.7. The van der Waals surface area contributed by atoms with Crippen LogP contribution in [-0.2, 0) is 0 Å². The smallest absolute Gasteiger partial charge is 0.131 e. The van der Waals surface area contributed by atoms with Gasteiger partial charge in [0.25, 0.3) is 0 Å². The van der Waals surface area contributed by atoms with E-state index in [1.54, 1.807) is 18.3 Å². The van der Waals surface area contributed by atoms with E-state index in [0.717, 1.165) is 30.0 Å². The molecule has 0 saturated heterocycles. The van der Waals surface area contributed by atoms with Gasteiger partial charge in [-0.15, -0.1) is 0 Å². The Morgan fingerprint density at radius 3 is 2.88 bits per heavy atom. The van der Waals surface area contributed by atoms with Gasteiger partial charge in [-0.25, -0.2) is 4.39 Å². The predicted molar refractivity (Wildman–Crippen MR) is 97.4 cm³/mol. The molecule has 1 aliphatic rings. The third kappa shape index (κ3) is 3.33. The van der Waals surface area contributed by atoms with Crippen LogP contribution in [0.2, 0.25) is 0 Å². The van der Waals surface area contributed by atoms with E-state index in [9.17, 15) is 4.39 Å². The molecule has 2 aromatic carbocycles. The van der Waals surface area contributed by atoms with Crippen LogP contribution >= 0.6 is 0 Å². The summed E-state index contributed by atoms with van der Waals surface area (Å²) in [4.78, 5) is 4.12. The van der Waals surface area contributed by atoms with Gasteiger partial charge in [-0.2, -0.15) is 0 Å². The number of hydrogen-bond acceptors (Lipinski definition) is 3. The van der Waals surface area contributed by atoms with Gasteiger partial charge in [-0.3, -0.25) is 4.98 Å². The van der Waals surface area contributed by atoms with Crippen LogP contribution in [0.1, 0.15) is 17.9 Å². The van der Waals surface area contributed by atoms with E-state index >= 15 is 0 Å². The fraction of sp³-hybridized carbons (Fsp3) is 0.190. The average molecular weight is 334 g/mol. The van der Waals surface area contributed by atoms with E-state index in [2.05, 4.69) is 16.4 Å². The van der Waals surface area contributed by atoms with Gasteiger partial charge in [0.1, 0.15) is 11.6 Å². The lowest BCUT2D eigenvalue weighted by molar-refractivity contribution is 0.270. The van der Waals surface area contributed by atoms with Gasteiger partial charge < -0.3 is 10.1 Å². The standard InChI is InChI=1S/C21H19FN2O/c22-20-6-2-1-5-18(20)15-7-8-19-16(9-11-25-21(19)12-15)13-24-17-4-3-10-23-14-17/h1-8,10,12,14,16,24H,9,11,13H2/t16-/m0/s1. The van der Waals surface area contributed by atoms with E-state index in [0.29, 0.717) is 18.1 Å². The molecule has 1 aliphatic heterocycles. The number of hydrogen-bond donors (Lipinski definition) is 1. The van der Waals surface area contributed by atoms with Crippen molar-refractivity contribution in [3.05, 3.63) is 78.4 Å². The summed E-state index contributed by atoms with van der Waals surface area (Å²) >= 11 is 0. The minimum Gasteiger partial charge on any atom is -0.493 e. The molecule has 3 nitrogen and oxygen atoms in total. The fourth-order valence-electron chi connectivity index (χ4n) is 3.25. The molecule has 3 aromatic rings. The monoisotopic (exact) mass is 334 g/mol. The molecular formula is C21H19FN2O. The molecule has 0 fully saturated rings. The van der Waals surface area contributed by atoms with Crippen molar-refractivity contribution in [3.8, 4) is 16.9 Å². The molecule has 1 atom stereocenters. The normalized spacial score (nSPS) is 16.0. The second kappa shape index (κ2) is 6.93. The summed E-state index contributed by atoms with van der Waals surface area (Å²) in [5, 5.41) is 3.43. The number of pyridine rings is 1. The second-order valence-corrected chi connectivity index (χ2v) is 6.19. The molecule has 0 radical (unpaired) electrons. The highest BCUT2D eigenvalue weighted by Crippen LogP contribution is 2.37. The first-order valence-corrected chi connectivity index (χ1v) is 8.47. The lowest BCUT2D eigenvalue weighted by Gasteiger charge is -2.27. The van der Waals surface area contributed by atoms with Crippen molar-refractivity contribution >= 4 is 5.69 Å². The van der Waals surface area contributed by atoms with Gasteiger partial charge in [0.15, 0.2) is 0 Å². The van der Waals surface area contributed by atoms with E-state index in [1.807, 2.05) is 36.5 Å². The first kappa shape index (κ1) is 15.6. The minimum atomic E-state index is -0.215. The minimum absolute atomic E-state index is 0.215. The van der Waals surface area contributed by atoms with Crippen LogP contribution < -0.4 is 10.1 Å². The molecular weight excluding hydrogens is 315 g/mol. The maximum absolute atomic E-state index is 14.0. The number of ether oxygens (including phenoxy) is 1. The Balaban J connectivity index is 1.57. The largest absolute Gasteiger partial charge is 0.493 e. The van der Waals surface area contributed by atoms with Crippen molar-refractivity contribution in [3.63, 3.8) is 0 Å². The van der Waals surface area contributed by atoms with E-state index < -0.39 is 0 Å². The Bertz CT molecular complexity index is 867. The van der Waals surface area contributed by atoms with Gasteiger partial charge >= 0.3 is 0 Å². The fourth-order valence-corrected chi connectivity index (χ4v) is 3.25. The Morgan fingerprint density at radius 1 is 1.12 bits per heavy atom. The molecule has 0 saturated carbocycles. The molecule has 1 N–H and O–H groups in total. The summed E-state index contributed by atoms with van der Waals surface area (Å²) in [7, 11) is 0. The van der Waals surface area contributed by atoms with Crippen LogP contribution in [0.15, 0.2) is 67.0 Å². The molecule has 0 amide bonds. The highest BCUT2D eigenvalue weighted by Gasteiger charge is 2.22. The molecule has 4 heteroatoms. The molecule has 2 heterocycles. The van der Waals surface area contributed by atoms with Crippen molar-refractivity contribution in [2.24, 2.45) is 0 Å². The number of anilines is 1. The number of fused-ring (bicyclic) bond motifs is 1. The summed E-state index contributed by atoms with van der Waals surface area (Å²) in [6.07, 6.45) is 4.54. The van der Waals surface area contributed by atoms with Crippen molar-refractivity contribution in [1.29, 1.82) is 0 Å². The molecule has 4 rings (SSSR count). The summed E-state index contributed by atoms with van der Waals surface area (Å²) in [5.41, 5.74) is 3.63. The number of benzene rings is 2. The van der Waals surface area contributed by atoms with Crippen LogP contribution in [0.3, 0.4) is 0 Å². The number of aromatic nitrogens is 1. The Morgan fingerprint density at radius 2 is 2.04 bits per heavy atom. The SMILES string of the molecule is Fc1ccccc1-c1ccc2c(c1)OCC[C@H]2CNc1cccnc1.